The van der Waals surface area contributed by atoms with Gasteiger partial charge in [-0.25, -0.2) is 0 Å². The van der Waals surface area contributed by atoms with E-state index in [0.29, 0.717) is 6.04 Å². The summed E-state index contributed by atoms with van der Waals surface area (Å²) < 4.78 is 0. The van der Waals surface area contributed by atoms with Crippen molar-refractivity contribution in [3.05, 3.63) is 0 Å². The van der Waals surface area contributed by atoms with E-state index >= 15 is 0 Å². The molecule has 2 rings (SSSR count). The molecule has 2 fully saturated rings. The molecular formula is C16H32N2. The molecule has 2 saturated heterocycles. The highest BCUT2D eigenvalue weighted by Gasteiger charge is 2.33. The summed E-state index contributed by atoms with van der Waals surface area (Å²) in [5.41, 5.74) is 0. The Kier molecular flexibility index (Phi) is 5.08. The number of rotatable bonds is 6. The fraction of sp³-hybridized carbons (Fsp3) is 1.00. The van der Waals surface area contributed by atoms with E-state index in [0.717, 1.165) is 23.9 Å². The molecule has 1 N–H and O–H groups in total. The molecule has 18 heavy (non-hydrogen) atoms. The zero-order valence-corrected chi connectivity index (χ0v) is 12.8. The van der Waals surface area contributed by atoms with E-state index in [-0.39, 0.29) is 0 Å². The molecule has 0 aromatic heterocycles. The van der Waals surface area contributed by atoms with E-state index in [1.54, 1.807) is 0 Å². The van der Waals surface area contributed by atoms with Crippen LogP contribution < -0.4 is 5.32 Å². The monoisotopic (exact) mass is 252 g/mol. The second-order valence-electron chi connectivity index (χ2n) is 7.25. The van der Waals surface area contributed by atoms with Gasteiger partial charge < -0.3 is 10.2 Å². The minimum absolute atomic E-state index is 0.700. The van der Waals surface area contributed by atoms with Crippen molar-refractivity contribution in [2.75, 3.05) is 13.1 Å². The van der Waals surface area contributed by atoms with Crippen LogP contribution in [-0.2, 0) is 0 Å². The molecule has 0 amide bonds. The first-order valence-electron chi connectivity index (χ1n) is 8.04. The van der Waals surface area contributed by atoms with Crippen molar-refractivity contribution in [1.82, 2.24) is 10.2 Å². The van der Waals surface area contributed by atoms with Crippen LogP contribution in [0, 0.1) is 11.8 Å². The highest BCUT2D eigenvalue weighted by atomic mass is 15.1. The first-order valence-corrected chi connectivity index (χ1v) is 8.04. The lowest BCUT2D eigenvalue weighted by molar-refractivity contribution is 0.170. The molecule has 2 heteroatoms. The maximum absolute atomic E-state index is 3.75. The second kappa shape index (κ2) is 6.38. The molecule has 2 heterocycles. The van der Waals surface area contributed by atoms with E-state index in [1.807, 2.05) is 0 Å². The van der Waals surface area contributed by atoms with Crippen LogP contribution in [0.25, 0.3) is 0 Å². The van der Waals surface area contributed by atoms with Crippen LogP contribution in [0.3, 0.4) is 0 Å². The lowest BCUT2D eigenvalue weighted by Gasteiger charge is -2.33. The quantitative estimate of drug-likeness (QED) is 0.780. The summed E-state index contributed by atoms with van der Waals surface area (Å²) in [6.07, 6.45) is 7.15. The van der Waals surface area contributed by atoms with Crippen molar-refractivity contribution in [1.29, 1.82) is 0 Å². The number of nitrogens with zero attached hydrogens (tertiary/aromatic N) is 1. The summed E-state index contributed by atoms with van der Waals surface area (Å²) >= 11 is 0. The number of nitrogens with one attached hydrogen (secondary N) is 1. The van der Waals surface area contributed by atoms with Crippen molar-refractivity contribution in [2.24, 2.45) is 11.8 Å². The molecule has 0 aliphatic carbocycles. The van der Waals surface area contributed by atoms with Crippen LogP contribution in [0.2, 0.25) is 0 Å². The smallest absolute Gasteiger partial charge is 0.00728 e. The van der Waals surface area contributed by atoms with Gasteiger partial charge in [0.25, 0.3) is 0 Å². The molecule has 0 aromatic carbocycles. The topological polar surface area (TPSA) is 15.3 Å². The summed E-state index contributed by atoms with van der Waals surface area (Å²) in [5.74, 6) is 1.77. The van der Waals surface area contributed by atoms with Crippen LogP contribution >= 0.6 is 0 Å². The number of piperidine rings is 1. The van der Waals surface area contributed by atoms with Crippen molar-refractivity contribution in [2.45, 2.75) is 77.9 Å². The third-order valence-electron chi connectivity index (χ3n) is 4.73. The Morgan fingerprint density at radius 3 is 2.17 bits per heavy atom. The molecule has 2 aliphatic heterocycles. The molecule has 2 nitrogen and oxygen atoms in total. The summed E-state index contributed by atoms with van der Waals surface area (Å²) in [7, 11) is 0. The minimum atomic E-state index is 0.700. The maximum atomic E-state index is 3.75. The summed E-state index contributed by atoms with van der Waals surface area (Å²) in [6, 6.07) is 2.41. The zero-order chi connectivity index (χ0) is 13.1. The van der Waals surface area contributed by atoms with Gasteiger partial charge in [-0.3, -0.25) is 0 Å². The fourth-order valence-electron chi connectivity index (χ4n) is 3.79. The van der Waals surface area contributed by atoms with Crippen molar-refractivity contribution in [3.8, 4) is 0 Å². The van der Waals surface area contributed by atoms with E-state index < -0.39 is 0 Å². The van der Waals surface area contributed by atoms with Gasteiger partial charge in [-0.1, -0.05) is 13.8 Å². The molecule has 2 unspecified atom stereocenters. The van der Waals surface area contributed by atoms with Gasteiger partial charge in [0.05, 0.1) is 0 Å². The van der Waals surface area contributed by atoms with Gasteiger partial charge in [0, 0.05) is 24.7 Å². The van der Waals surface area contributed by atoms with Crippen LogP contribution in [0.15, 0.2) is 0 Å². The summed E-state index contributed by atoms with van der Waals surface area (Å²) in [4.78, 5) is 2.68. The lowest BCUT2D eigenvalue weighted by Crippen LogP contribution is -2.40. The third-order valence-corrected chi connectivity index (χ3v) is 4.73. The largest absolute Gasteiger partial charge is 0.311 e. The van der Waals surface area contributed by atoms with E-state index in [4.69, 9.17) is 0 Å². The van der Waals surface area contributed by atoms with E-state index in [2.05, 4.69) is 37.9 Å². The Hall–Kier alpha value is -0.0800. The predicted molar refractivity (Wildman–Crippen MR) is 78.8 cm³/mol. The normalized spacial score (nSPS) is 31.8. The molecular weight excluding hydrogens is 220 g/mol. The fourth-order valence-corrected chi connectivity index (χ4v) is 3.79. The van der Waals surface area contributed by atoms with E-state index in [1.165, 1.54) is 45.2 Å². The number of hydrogen-bond acceptors (Lipinski definition) is 2. The van der Waals surface area contributed by atoms with Gasteiger partial charge in [0.2, 0.25) is 0 Å². The first-order chi connectivity index (χ1) is 8.54. The van der Waals surface area contributed by atoms with Crippen LogP contribution in [0.5, 0.6) is 0 Å². The summed E-state index contributed by atoms with van der Waals surface area (Å²) in [6.45, 7) is 11.9. The number of hydrogen-bond donors (Lipinski definition) is 1. The van der Waals surface area contributed by atoms with Gasteiger partial charge >= 0.3 is 0 Å². The van der Waals surface area contributed by atoms with E-state index in [9.17, 15) is 0 Å². The summed E-state index contributed by atoms with van der Waals surface area (Å²) in [5, 5.41) is 3.75. The van der Waals surface area contributed by atoms with Crippen molar-refractivity contribution in [3.63, 3.8) is 0 Å². The van der Waals surface area contributed by atoms with Gasteiger partial charge in [0.15, 0.2) is 0 Å². The van der Waals surface area contributed by atoms with Crippen LogP contribution in [-0.4, -0.2) is 36.1 Å². The Bertz CT molecular complexity index is 237. The molecule has 2 aliphatic rings. The Morgan fingerprint density at radius 1 is 1.06 bits per heavy atom. The van der Waals surface area contributed by atoms with Crippen molar-refractivity contribution >= 4 is 0 Å². The molecule has 0 radical (unpaired) electrons. The van der Waals surface area contributed by atoms with Crippen LogP contribution in [0.1, 0.15) is 59.8 Å². The third kappa shape index (κ3) is 3.96. The highest BCUT2D eigenvalue weighted by Crippen LogP contribution is 2.32. The minimum Gasteiger partial charge on any atom is -0.311 e. The second-order valence-corrected chi connectivity index (χ2v) is 7.25. The van der Waals surface area contributed by atoms with Gasteiger partial charge in [-0.15, -0.1) is 0 Å². The zero-order valence-electron chi connectivity index (χ0n) is 12.8. The van der Waals surface area contributed by atoms with Gasteiger partial charge in [0.1, 0.15) is 0 Å². The standard InChI is InChI=1S/C16H32N2/c1-12(2)11-18(13(3)4)8-7-14-9-15-5-6-16(10-14)17-15/h12-17H,5-11H2,1-4H3. The molecule has 0 saturated carbocycles. The molecule has 0 aromatic rings. The molecule has 0 spiro atoms. The Labute approximate surface area is 114 Å². The number of fused-ring (bicyclic) bond motifs is 2. The van der Waals surface area contributed by atoms with Gasteiger partial charge in [-0.2, -0.15) is 0 Å². The Morgan fingerprint density at radius 2 is 1.67 bits per heavy atom. The Balaban J connectivity index is 1.75. The molecule has 2 bridgehead atoms. The average molecular weight is 252 g/mol. The maximum Gasteiger partial charge on any atom is 0.00728 e. The SMILES string of the molecule is CC(C)CN(CCC1CC2CCC(C1)N2)C(C)C. The van der Waals surface area contributed by atoms with Crippen LogP contribution in [0.4, 0.5) is 0 Å². The predicted octanol–water partition coefficient (Wildman–Crippen LogP) is 3.27. The average Bonchev–Trinajstić information content (AvgIpc) is 2.63. The van der Waals surface area contributed by atoms with Gasteiger partial charge in [-0.05, 0) is 64.3 Å². The molecule has 2 atom stereocenters. The first kappa shape index (κ1) is 14.3. The molecule has 106 valence electrons. The van der Waals surface area contributed by atoms with Crippen molar-refractivity contribution < 1.29 is 0 Å². The lowest BCUT2D eigenvalue weighted by atomic mass is 9.89. The highest BCUT2D eigenvalue weighted by molar-refractivity contribution is 4.92.